The zero-order valence-corrected chi connectivity index (χ0v) is 28.0. The molecule has 48 heavy (non-hydrogen) atoms. The van der Waals surface area contributed by atoms with Crippen molar-refractivity contribution in [3.8, 4) is 33.6 Å². The number of likely N-dealkylation sites (tertiary alicyclic amines) is 1. The number of rotatable bonds is 9. The molecule has 2 aromatic heterocycles. The summed E-state index contributed by atoms with van der Waals surface area (Å²) in [6, 6.07) is 28.0. The highest BCUT2D eigenvalue weighted by Gasteiger charge is 2.38. The van der Waals surface area contributed by atoms with Crippen molar-refractivity contribution in [2.75, 3.05) is 6.54 Å². The first kappa shape index (κ1) is 32.8. The number of aliphatic carboxylic acids is 1. The SMILES string of the molecule is CC(C)(C)c1ccc(C(=O)N[C@@H](Cc2ccc(-c3ncc(-c4ccc(-c5ccccc5)cc4)cn3)cc2)C(=O)N2CCC[C@H]2C(=O)O)s1. The maximum absolute atomic E-state index is 13.8. The molecule has 9 heteroatoms. The molecule has 0 saturated carbocycles. The van der Waals surface area contributed by atoms with Gasteiger partial charge in [-0.2, -0.15) is 0 Å². The van der Waals surface area contributed by atoms with Crippen LogP contribution in [0.4, 0.5) is 0 Å². The second-order valence-corrected chi connectivity index (χ2v) is 14.2. The Kier molecular flexibility index (Phi) is 9.50. The molecule has 2 amide bonds. The van der Waals surface area contributed by atoms with Gasteiger partial charge in [-0.3, -0.25) is 9.59 Å². The number of carboxylic acids is 1. The predicted molar refractivity (Wildman–Crippen MR) is 189 cm³/mol. The number of carbonyl (C=O) groups is 3. The predicted octanol–water partition coefficient (Wildman–Crippen LogP) is 7.25. The van der Waals surface area contributed by atoms with E-state index in [1.807, 2.05) is 60.9 Å². The number of hydrogen-bond donors (Lipinski definition) is 2. The lowest BCUT2D eigenvalue weighted by Gasteiger charge is -2.27. The summed E-state index contributed by atoms with van der Waals surface area (Å²) in [7, 11) is 0. The minimum absolute atomic E-state index is 0.109. The molecule has 2 N–H and O–H groups in total. The Hall–Kier alpha value is -5.15. The number of amides is 2. The monoisotopic (exact) mass is 658 g/mol. The average molecular weight is 659 g/mol. The van der Waals surface area contributed by atoms with Crippen LogP contribution in [-0.4, -0.2) is 56.4 Å². The van der Waals surface area contributed by atoms with E-state index in [0.29, 0.717) is 30.1 Å². The highest BCUT2D eigenvalue weighted by molar-refractivity contribution is 7.14. The van der Waals surface area contributed by atoms with E-state index >= 15 is 0 Å². The van der Waals surface area contributed by atoms with E-state index in [0.717, 1.165) is 38.3 Å². The zero-order valence-electron chi connectivity index (χ0n) is 27.2. The van der Waals surface area contributed by atoms with Crippen LogP contribution in [0.2, 0.25) is 0 Å². The number of hydrogen-bond acceptors (Lipinski definition) is 6. The molecule has 3 aromatic carbocycles. The second kappa shape index (κ2) is 13.9. The third-order valence-electron chi connectivity index (χ3n) is 8.62. The highest BCUT2D eigenvalue weighted by Crippen LogP contribution is 2.30. The van der Waals surface area contributed by atoms with Crippen LogP contribution in [0, 0.1) is 0 Å². The molecule has 1 saturated heterocycles. The molecule has 0 aliphatic carbocycles. The first-order valence-electron chi connectivity index (χ1n) is 16.1. The van der Waals surface area contributed by atoms with E-state index in [4.69, 9.17) is 0 Å². The van der Waals surface area contributed by atoms with Crippen LogP contribution in [-0.2, 0) is 21.4 Å². The fraction of sp³-hybridized carbons (Fsp3) is 0.256. The van der Waals surface area contributed by atoms with Gasteiger partial charge in [0.1, 0.15) is 12.1 Å². The Morgan fingerprint density at radius 1 is 0.833 bits per heavy atom. The number of carboxylic acid groups (broad SMARTS) is 1. The number of thiophene rings is 1. The van der Waals surface area contributed by atoms with Crippen LogP contribution >= 0.6 is 11.3 Å². The molecule has 3 heterocycles. The quantitative estimate of drug-likeness (QED) is 0.173. The lowest BCUT2D eigenvalue weighted by molar-refractivity contribution is -0.148. The summed E-state index contributed by atoms with van der Waals surface area (Å²) >= 11 is 1.40. The minimum Gasteiger partial charge on any atom is -0.480 e. The van der Waals surface area contributed by atoms with Crippen LogP contribution in [0.1, 0.15) is 53.7 Å². The van der Waals surface area contributed by atoms with E-state index in [2.05, 4.69) is 72.5 Å². The molecule has 1 aliphatic heterocycles. The van der Waals surface area contributed by atoms with E-state index in [1.54, 1.807) is 6.07 Å². The van der Waals surface area contributed by atoms with Crippen molar-refractivity contribution in [2.45, 2.75) is 57.5 Å². The molecule has 244 valence electrons. The smallest absolute Gasteiger partial charge is 0.326 e. The molecule has 1 aliphatic rings. The van der Waals surface area contributed by atoms with Gasteiger partial charge in [0.25, 0.3) is 5.91 Å². The van der Waals surface area contributed by atoms with Crippen molar-refractivity contribution >= 4 is 29.1 Å². The van der Waals surface area contributed by atoms with Crippen molar-refractivity contribution in [1.82, 2.24) is 20.2 Å². The van der Waals surface area contributed by atoms with Crippen molar-refractivity contribution in [3.63, 3.8) is 0 Å². The first-order valence-corrected chi connectivity index (χ1v) is 16.9. The Balaban J connectivity index is 1.17. The molecule has 0 bridgehead atoms. The van der Waals surface area contributed by atoms with E-state index in [-0.39, 0.29) is 23.7 Å². The summed E-state index contributed by atoms with van der Waals surface area (Å²) < 4.78 is 0. The fourth-order valence-electron chi connectivity index (χ4n) is 5.92. The van der Waals surface area contributed by atoms with Gasteiger partial charge in [0.05, 0.1) is 4.88 Å². The normalized spacial score (nSPS) is 15.2. The molecule has 1 fully saturated rings. The maximum atomic E-state index is 13.8. The number of carbonyl (C=O) groups excluding carboxylic acids is 2. The van der Waals surface area contributed by atoms with E-state index in [9.17, 15) is 19.5 Å². The summed E-state index contributed by atoms with van der Waals surface area (Å²) in [6.07, 6.45) is 4.83. The minimum atomic E-state index is -1.03. The average Bonchev–Trinajstić information content (AvgIpc) is 3.80. The third-order valence-corrected chi connectivity index (χ3v) is 10.1. The lowest BCUT2D eigenvalue weighted by atomic mass is 9.95. The summed E-state index contributed by atoms with van der Waals surface area (Å²) in [5, 5.41) is 12.7. The lowest BCUT2D eigenvalue weighted by Crippen LogP contribution is -2.52. The van der Waals surface area contributed by atoms with Gasteiger partial charge in [-0.25, -0.2) is 14.8 Å². The van der Waals surface area contributed by atoms with Gasteiger partial charge in [-0.1, -0.05) is 99.6 Å². The van der Waals surface area contributed by atoms with E-state index < -0.39 is 18.1 Å². The van der Waals surface area contributed by atoms with Gasteiger partial charge in [0, 0.05) is 41.4 Å². The largest absolute Gasteiger partial charge is 0.480 e. The molecule has 8 nitrogen and oxygen atoms in total. The molecular formula is C39H38N4O4S. The Labute approximate surface area is 284 Å². The van der Waals surface area contributed by atoms with Gasteiger partial charge in [-0.05, 0) is 52.6 Å². The van der Waals surface area contributed by atoms with Crippen molar-refractivity contribution in [2.24, 2.45) is 0 Å². The Morgan fingerprint density at radius 3 is 2.04 bits per heavy atom. The van der Waals surface area contributed by atoms with Crippen molar-refractivity contribution in [1.29, 1.82) is 0 Å². The van der Waals surface area contributed by atoms with Crippen LogP contribution in [0.3, 0.4) is 0 Å². The van der Waals surface area contributed by atoms with Crippen molar-refractivity contribution < 1.29 is 19.5 Å². The molecule has 0 spiro atoms. The van der Waals surface area contributed by atoms with E-state index in [1.165, 1.54) is 16.2 Å². The summed E-state index contributed by atoms with van der Waals surface area (Å²) in [5.74, 6) is -1.19. The number of nitrogens with zero attached hydrogens (tertiary/aromatic N) is 3. The topological polar surface area (TPSA) is 112 Å². The van der Waals surface area contributed by atoms with Crippen LogP contribution in [0.25, 0.3) is 33.6 Å². The summed E-state index contributed by atoms with van der Waals surface area (Å²) in [5.41, 5.74) is 5.76. The zero-order chi connectivity index (χ0) is 33.8. The Bertz CT molecular complexity index is 1900. The summed E-state index contributed by atoms with van der Waals surface area (Å²) in [4.78, 5) is 51.2. The van der Waals surface area contributed by atoms with Crippen molar-refractivity contribution in [3.05, 3.63) is 119 Å². The molecular weight excluding hydrogens is 621 g/mol. The van der Waals surface area contributed by atoms with Gasteiger partial charge in [-0.15, -0.1) is 11.3 Å². The molecule has 6 rings (SSSR count). The number of benzene rings is 3. The van der Waals surface area contributed by atoms with Crippen LogP contribution in [0.15, 0.2) is 103 Å². The third kappa shape index (κ3) is 7.37. The second-order valence-electron chi connectivity index (χ2n) is 13.1. The number of nitrogens with one attached hydrogen (secondary N) is 1. The molecule has 0 unspecified atom stereocenters. The highest BCUT2D eigenvalue weighted by atomic mass is 32.1. The van der Waals surface area contributed by atoms with Gasteiger partial charge in [0.2, 0.25) is 5.91 Å². The van der Waals surface area contributed by atoms with Gasteiger partial charge in [0.15, 0.2) is 5.82 Å². The standard InChI is InChI=1S/C39H38N4O4S/c1-39(2,3)34-20-19-33(48-34)36(44)42-31(37(45)43-21-7-10-32(43)38(46)47)22-25-11-13-29(14-12-25)35-40-23-30(24-41-35)28-17-15-27(16-18-28)26-8-5-4-6-9-26/h4-6,8-9,11-20,23-24,31-32H,7,10,21-22H2,1-3H3,(H,42,44)(H,46,47)/t31-,32-/m0/s1. The molecule has 5 aromatic rings. The summed E-state index contributed by atoms with van der Waals surface area (Å²) in [6.45, 7) is 6.60. The maximum Gasteiger partial charge on any atom is 0.326 e. The molecule has 2 atom stereocenters. The van der Waals surface area contributed by atoms with Crippen LogP contribution in [0.5, 0.6) is 0 Å². The fourth-order valence-corrected chi connectivity index (χ4v) is 6.88. The number of aromatic nitrogens is 2. The van der Waals surface area contributed by atoms with Gasteiger partial charge < -0.3 is 15.3 Å². The first-order chi connectivity index (χ1) is 23.1. The Morgan fingerprint density at radius 2 is 1.44 bits per heavy atom. The van der Waals surface area contributed by atoms with Gasteiger partial charge >= 0.3 is 5.97 Å². The van der Waals surface area contributed by atoms with Crippen LogP contribution < -0.4 is 5.32 Å². The molecule has 0 radical (unpaired) electrons.